The molecule has 1 atom stereocenters. The summed E-state index contributed by atoms with van der Waals surface area (Å²) in [7, 11) is 0. The minimum atomic E-state index is -0.220. The molecule has 2 aromatic heterocycles. The largest absolute Gasteiger partial charge is 0.308 e. The third-order valence-electron chi connectivity index (χ3n) is 4.55. The predicted octanol–water partition coefficient (Wildman–Crippen LogP) is 2.63. The van der Waals surface area contributed by atoms with Gasteiger partial charge in [0.25, 0.3) is 0 Å². The minimum Gasteiger partial charge on any atom is -0.308 e. The van der Waals surface area contributed by atoms with Gasteiger partial charge in [0.15, 0.2) is 5.82 Å². The molecule has 1 N–H and O–H groups in total. The highest BCUT2D eigenvalue weighted by Crippen LogP contribution is 2.19. The molecule has 1 aliphatic heterocycles. The van der Waals surface area contributed by atoms with Crippen LogP contribution in [0.15, 0.2) is 30.5 Å². The Morgan fingerprint density at radius 1 is 1.38 bits per heavy atom. The second-order valence-corrected chi connectivity index (χ2v) is 6.24. The fourth-order valence-electron chi connectivity index (χ4n) is 3.29. The number of hydrogen-bond donors (Lipinski definition) is 1. The Morgan fingerprint density at radius 2 is 2.29 bits per heavy atom. The number of nitrogens with one attached hydrogen (secondary N) is 1. The SMILES string of the molecule is CCc1nc2n(n1)CC(NCc1cc(F)cc3cccnc13)CC2. The molecule has 124 valence electrons. The zero-order valence-corrected chi connectivity index (χ0v) is 13.7. The second kappa shape index (κ2) is 6.28. The molecule has 3 aromatic rings. The van der Waals surface area contributed by atoms with Gasteiger partial charge in [-0.1, -0.05) is 13.0 Å². The zero-order chi connectivity index (χ0) is 16.5. The number of aromatic nitrogens is 4. The van der Waals surface area contributed by atoms with E-state index in [0.29, 0.717) is 12.6 Å². The van der Waals surface area contributed by atoms with Crippen LogP contribution in [0.25, 0.3) is 10.9 Å². The van der Waals surface area contributed by atoms with E-state index in [0.717, 1.165) is 53.9 Å². The molecule has 4 rings (SSSR count). The van der Waals surface area contributed by atoms with E-state index in [4.69, 9.17) is 0 Å². The van der Waals surface area contributed by atoms with E-state index in [1.807, 2.05) is 16.8 Å². The molecule has 5 nitrogen and oxygen atoms in total. The summed E-state index contributed by atoms with van der Waals surface area (Å²) in [6, 6.07) is 7.13. The number of hydrogen-bond acceptors (Lipinski definition) is 4. The van der Waals surface area contributed by atoms with Crippen LogP contribution in [-0.4, -0.2) is 25.8 Å². The number of nitrogens with zero attached hydrogens (tertiary/aromatic N) is 4. The molecule has 0 spiro atoms. The lowest BCUT2D eigenvalue weighted by atomic mass is 10.1. The number of rotatable bonds is 4. The van der Waals surface area contributed by atoms with E-state index in [-0.39, 0.29) is 5.82 Å². The first-order valence-electron chi connectivity index (χ1n) is 8.42. The van der Waals surface area contributed by atoms with Crippen molar-refractivity contribution in [3.05, 3.63) is 53.5 Å². The number of fused-ring (bicyclic) bond motifs is 2. The van der Waals surface area contributed by atoms with E-state index < -0.39 is 0 Å². The monoisotopic (exact) mass is 325 g/mol. The van der Waals surface area contributed by atoms with Gasteiger partial charge in [-0.3, -0.25) is 4.98 Å². The van der Waals surface area contributed by atoms with Gasteiger partial charge < -0.3 is 5.32 Å². The number of benzene rings is 1. The van der Waals surface area contributed by atoms with Crippen LogP contribution >= 0.6 is 0 Å². The van der Waals surface area contributed by atoms with E-state index in [9.17, 15) is 4.39 Å². The normalized spacial score (nSPS) is 17.2. The fourth-order valence-corrected chi connectivity index (χ4v) is 3.29. The molecule has 24 heavy (non-hydrogen) atoms. The Hall–Kier alpha value is -2.34. The zero-order valence-electron chi connectivity index (χ0n) is 13.7. The highest BCUT2D eigenvalue weighted by molar-refractivity contribution is 5.81. The summed E-state index contributed by atoms with van der Waals surface area (Å²) in [5, 5.41) is 8.90. The lowest BCUT2D eigenvalue weighted by molar-refractivity contribution is 0.357. The van der Waals surface area contributed by atoms with Crippen molar-refractivity contribution in [2.24, 2.45) is 0 Å². The standard InChI is InChI=1S/C18H20FN5/c1-2-16-22-17-6-5-15(11-24(17)23-16)21-10-13-9-14(19)8-12-4-3-7-20-18(12)13/h3-4,7-9,15,21H,2,5-6,10-11H2,1H3. The van der Waals surface area contributed by atoms with Gasteiger partial charge in [-0.25, -0.2) is 14.1 Å². The third-order valence-corrected chi connectivity index (χ3v) is 4.55. The summed E-state index contributed by atoms with van der Waals surface area (Å²) >= 11 is 0. The van der Waals surface area contributed by atoms with E-state index in [1.54, 1.807) is 12.3 Å². The maximum atomic E-state index is 13.8. The molecule has 0 saturated carbocycles. The molecule has 3 heterocycles. The Labute approximate surface area is 139 Å². The molecule has 0 bridgehead atoms. The van der Waals surface area contributed by atoms with Crippen molar-refractivity contribution in [2.45, 2.75) is 45.3 Å². The smallest absolute Gasteiger partial charge is 0.150 e. The van der Waals surface area contributed by atoms with Gasteiger partial charge in [0.2, 0.25) is 0 Å². The fraction of sp³-hybridized carbons (Fsp3) is 0.389. The van der Waals surface area contributed by atoms with Crippen LogP contribution in [0.3, 0.4) is 0 Å². The highest BCUT2D eigenvalue weighted by atomic mass is 19.1. The van der Waals surface area contributed by atoms with Crippen LogP contribution in [0.2, 0.25) is 0 Å². The Kier molecular flexibility index (Phi) is 3.98. The van der Waals surface area contributed by atoms with Crippen molar-refractivity contribution in [3.8, 4) is 0 Å². The van der Waals surface area contributed by atoms with Gasteiger partial charge in [-0.2, -0.15) is 5.10 Å². The Bertz CT molecular complexity index is 873. The van der Waals surface area contributed by atoms with E-state index in [1.165, 1.54) is 6.07 Å². The Balaban J connectivity index is 1.50. The summed E-state index contributed by atoms with van der Waals surface area (Å²) in [5.74, 6) is 1.76. The maximum Gasteiger partial charge on any atom is 0.150 e. The van der Waals surface area contributed by atoms with Crippen molar-refractivity contribution < 1.29 is 4.39 Å². The summed E-state index contributed by atoms with van der Waals surface area (Å²) < 4.78 is 15.8. The van der Waals surface area contributed by atoms with Gasteiger partial charge in [0.1, 0.15) is 11.6 Å². The lowest BCUT2D eigenvalue weighted by Crippen LogP contribution is -2.37. The van der Waals surface area contributed by atoms with Crippen molar-refractivity contribution in [1.29, 1.82) is 0 Å². The van der Waals surface area contributed by atoms with Crippen LogP contribution in [-0.2, 0) is 25.9 Å². The first kappa shape index (κ1) is 15.2. The van der Waals surface area contributed by atoms with Gasteiger partial charge in [0, 0.05) is 37.0 Å². The number of pyridine rings is 1. The Morgan fingerprint density at radius 3 is 3.17 bits per heavy atom. The van der Waals surface area contributed by atoms with Crippen LogP contribution in [0.4, 0.5) is 4.39 Å². The van der Waals surface area contributed by atoms with Gasteiger partial charge in [-0.05, 0) is 30.2 Å². The van der Waals surface area contributed by atoms with E-state index >= 15 is 0 Å². The van der Waals surface area contributed by atoms with Gasteiger partial charge in [0.05, 0.1) is 12.1 Å². The van der Waals surface area contributed by atoms with Crippen molar-refractivity contribution in [2.75, 3.05) is 0 Å². The summed E-state index contributed by atoms with van der Waals surface area (Å²) in [4.78, 5) is 8.94. The molecule has 6 heteroatoms. The summed E-state index contributed by atoms with van der Waals surface area (Å²) in [6.45, 7) is 3.47. The predicted molar refractivity (Wildman–Crippen MR) is 90.0 cm³/mol. The molecule has 1 aromatic carbocycles. The molecule has 0 saturated heterocycles. The van der Waals surface area contributed by atoms with Crippen molar-refractivity contribution in [1.82, 2.24) is 25.1 Å². The van der Waals surface area contributed by atoms with Gasteiger partial charge >= 0.3 is 0 Å². The molecule has 0 radical (unpaired) electrons. The van der Waals surface area contributed by atoms with Crippen LogP contribution in [0.5, 0.6) is 0 Å². The topological polar surface area (TPSA) is 55.6 Å². The maximum absolute atomic E-state index is 13.8. The summed E-state index contributed by atoms with van der Waals surface area (Å²) in [5.41, 5.74) is 1.75. The average molecular weight is 325 g/mol. The molecule has 0 amide bonds. The number of aryl methyl sites for hydroxylation is 2. The van der Waals surface area contributed by atoms with Crippen LogP contribution < -0.4 is 5.32 Å². The second-order valence-electron chi connectivity index (χ2n) is 6.24. The highest BCUT2D eigenvalue weighted by Gasteiger charge is 2.21. The molecular weight excluding hydrogens is 305 g/mol. The van der Waals surface area contributed by atoms with Crippen LogP contribution in [0, 0.1) is 5.82 Å². The average Bonchev–Trinajstić information content (AvgIpc) is 3.02. The lowest BCUT2D eigenvalue weighted by Gasteiger charge is -2.23. The molecular formula is C18H20FN5. The molecule has 1 aliphatic rings. The molecule has 0 aliphatic carbocycles. The quantitative estimate of drug-likeness (QED) is 0.801. The summed E-state index contributed by atoms with van der Waals surface area (Å²) in [6.07, 6.45) is 4.55. The molecule has 0 fully saturated rings. The van der Waals surface area contributed by atoms with Gasteiger partial charge in [-0.15, -0.1) is 0 Å². The van der Waals surface area contributed by atoms with Crippen molar-refractivity contribution >= 4 is 10.9 Å². The number of halogens is 1. The third kappa shape index (κ3) is 2.89. The minimum absolute atomic E-state index is 0.220. The first-order chi connectivity index (χ1) is 11.7. The van der Waals surface area contributed by atoms with E-state index in [2.05, 4.69) is 27.3 Å². The molecule has 1 unspecified atom stereocenters. The van der Waals surface area contributed by atoms with Crippen molar-refractivity contribution in [3.63, 3.8) is 0 Å². The first-order valence-corrected chi connectivity index (χ1v) is 8.42. The van der Waals surface area contributed by atoms with Crippen LogP contribution in [0.1, 0.15) is 30.6 Å².